The summed E-state index contributed by atoms with van der Waals surface area (Å²) in [5.41, 5.74) is 1.08. The van der Waals surface area contributed by atoms with Gasteiger partial charge in [-0.3, -0.25) is 0 Å². The van der Waals surface area contributed by atoms with Crippen molar-refractivity contribution in [3.05, 3.63) is 23.9 Å². The molecule has 0 spiro atoms. The molecule has 7 nitrogen and oxygen atoms in total. The van der Waals surface area contributed by atoms with Crippen molar-refractivity contribution >= 4 is 5.96 Å². The van der Waals surface area contributed by atoms with Gasteiger partial charge in [0.25, 0.3) is 0 Å². The van der Waals surface area contributed by atoms with Gasteiger partial charge in [-0.1, -0.05) is 13.0 Å². The van der Waals surface area contributed by atoms with Crippen LogP contribution >= 0.6 is 0 Å². The van der Waals surface area contributed by atoms with E-state index in [1.807, 2.05) is 18.3 Å². The molecule has 2 fully saturated rings. The van der Waals surface area contributed by atoms with Crippen molar-refractivity contribution in [1.82, 2.24) is 15.2 Å². The number of rotatable bonds is 9. The summed E-state index contributed by atoms with van der Waals surface area (Å²) in [6, 6.07) is 3.96. The van der Waals surface area contributed by atoms with E-state index < -0.39 is 0 Å². The van der Waals surface area contributed by atoms with Crippen LogP contribution in [0.25, 0.3) is 0 Å². The minimum atomic E-state index is 0.305. The molecule has 0 radical (unpaired) electrons. The van der Waals surface area contributed by atoms with Gasteiger partial charge in [0.05, 0.1) is 32.0 Å². The largest absolute Gasteiger partial charge is 0.478 e. The second-order valence-electron chi connectivity index (χ2n) is 7.68. The Balaban J connectivity index is 1.46. The van der Waals surface area contributed by atoms with E-state index >= 15 is 0 Å². The fourth-order valence-electron chi connectivity index (χ4n) is 3.64. The van der Waals surface area contributed by atoms with Gasteiger partial charge in [0, 0.05) is 38.5 Å². The Labute approximate surface area is 174 Å². The van der Waals surface area contributed by atoms with Crippen molar-refractivity contribution in [3.8, 4) is 5.88 Å². The monoisotopic (exact) mass is 404 g/mol. The first-order valence-electron chi connectivity index (χ1n) is 11.1. The summed E-state index contributed by atoms with van der Waals surface area (Å²) in [5, 5.41) is 3.42. The minimum absolute atomic E-state index is 0.305. The lowest BCUT2D eigenvalue weighted by Gasteiger charge is -2.34. The summed E-state index contributed by atoms with van der Waals surface area (Å²) >= 11 is 0. The van der Waals surface area contributed by atoms with Gasteiger partial charge in [0.1, 0.15) is 0 Å². The minimum Gasteiger partial charge on any atom is -0.478 e. The van der Waals surface area contributed by atoms with Gasteiger partial charge in [-0.25, -0.2) is 9.98 Å². The van der Waals surface area contributed by atoms with Gasteiger partial charge in [-0.2, -0.15) is 0 Å². The average molecular weight is 405 g/mol. The predicted molar refractivity (Wildman–Crippen MR) is 114 cm³/mol. The van der Waals surface area contributed by atoms with Crippen molar-refractivity contribution in [2.45, 2.75) is 64.7 Å². The number of nitrogens with one attached hydrogen (secondary N) is 1. The number of piperidine rings is 1. The van der Waals surface area contributed by atoms with Crippen molar-refractivity contribution in [2.24, 2.45) is 4.99 Å². The molecule has 2 saturated heterocycles. The van der Waals surface area contributed by atoms with Gasteiger partial charge < -0.3 is 24.4 Å². The average Bonchev–Trinajstić information content (AvgIpc) is 3.29. The van der Waals surface area contributed by atoms with Crippen LogP contribution in [0, 0.1) is 0 Å². The molecule has 0 aliphatic carbocycles. The molecule has 3 heterocycles. The first-order chi connectivity index (χ1) is 14.3. The maximum absolute atomic E-state index is 6.09. The number of guanidine groups is 1. The molecule has 1 N–H and O–H groups in total. The van der Waals surface area contributed by atoms with Crippen LogP contribution in [0.4, 0.5) is 0 Å². The summed E-state index contributed by atoms with van der Waals surface area (Å²) < 4.78 is 17.3. The van der Waals surface area contributed by atoms with Crippen molar-refractivity contribution in [1.29, 1.82) is 0 Å². The fraction of sp³-hybridized carbons (Fsp3) is 0.727. The van der Waals surface area contributed by atoms with Gasteiger partial charge in [0.15, 0.2) is 5.96 Å². The lowest BCUT2D eigenvalue weighted by atomic mass is 10.1. The molecule has 7 heteroatoms. The van der Waals surface area contributed by atoms with Crippen LogP contribution in [-0.2, 0) is 16.0 Å². The Hall–Kier alpha value is -1.86. The van der Waals surface area contributed by atoms with E-state index in [2.05, 4.69) is 29.0 Å². The van der Waals surface area contributed by atoms with E-state index in [1.54, 1.807) is 0 Å². The zero-order chi connectivity index (χ0) is 20.3. The van der Waals surface area contributed by atoms with Crippen LogP contribution < -0.4 is 10.1 Å². The summed E-state index contributed by atoms with van der Waals surface area (Å²) in [6.07, 6.45) is 7.83. The highest BCUT2D eigenvalue weighted by Gasteiger charge is 2.24. The lowest BCUT2D eigenvalue weighted by Crippen LogP contribution is -2.47. The fourth-order valence-corrected chi connectivity index (χ4v) is 3.64. The van der Waals surface area contributed by atoms with Gasteiger partial charge >= 0.3 is 0 Å². The molecule has 2 aliphatic heterocycles. The number of pyridine rings is 1. The quantitative estimate of drug-likeness (QED) is 0.504. The smallest absolute Gasteiger partial charge is 0.213 e. The Kier molecular flexibility index (Phi) is 9.02. The van der Waals surface area contributed by atoms with Crippen LogP contribution in [0.5, 0.6) is 5.88 Å². The molecule has 1 aromatic heterocycles. The highest BCUT2D eigenvalue weighted by Crippen LogP contribution is 2.18. The van der Waals surface area contributed by atoms with Crippen LogP contribution in [0.1, 0.15) is 51.5 Å². The van der Waals surface area contributed by atoms with E-state index in [-0.39, 0.29) is 0 Å². The molecule has 1 aromatic rings. The van der Waals surface area contributed by atoms with E-state index in [0.29, 0.717) is 31.2 Å². The summed E-state index contributed by atoms with van der Waals surface area (Å²) in [5.74, 6) is 1.65. The molecular weight excluding hydrogens is 368 g/mol. The van der Waals surface area contributed by atoms with Crippen LogP contribution in [0.2, 0.25) is 0 Å². The van der Waals surface area contributed by atoms with Crippen LogP contribution in [0.3, 0.4) is 0 Å². The van der Waals surface area contributed by atoms with Gasteiger partial charge in [-0.05, 0) is 44.6 Å². The molecule has 2 aliphatic rings. The standard InChI is InChI=1S/C22H36N4O3/c1-3-13-28-21-8-7-18(15-24-21)16-25-22(23-4-2)26-11-9-19(10-12-26)29-17-20-6-5-14-27-20/h7-8,15,19-20H,3-6,9-14,16-17H2,1-2H3,(H,23,25). The summed E-state index contributed by atoms with van der Waals surface area (Å²) in [4.78, 5) is 11.5. The third-order valence-electron chi connectivity index (χ3n) is 5.28. The Morgan fingerprint density at radius 1 is 1.28 bits per heavy atom. The number of hydrogen-bond donors (Lipinski definition) is 1. The van der Waals surface area contributed by atoms with Crippen LogP contribution in [0.15, 0.2) is 23.3 Å². The number of aliphatic imine (C=N–C) groups is 1. The molecule has 0 bridgehead atoms. The SMILES string of the molecule is CCCOc1ccc(CN=C(NCC)N2CCC(OCC3CCCO3)CC2)cn1. The molecule has 0 amide bonds. The molecule has 1 unspecified atom stereocenters. The molecule has 0 saturated carbocycles. The first kappa shape index (κ1) is 21.8. The van der Waals surface area contributed by atoms with Crippen molar-refractivity contribution in [3.63, 3.8) is 0 Å². The highest BCUT2D eigenvalue weighted by atomic mass is 16.5. The molecular formula is C22H36N4O3. The van der Waals surface area contributed by atoms with Crippen LogP contribution in [-0.4, -0.2) is 67.5 Å². The lowest BCUT2D eigenvalue weighted by molar-refractivity contribution is -0.0367. The maximum Gasteiger partial charge on any atom is 0.213 e. The molecule has 162 valence electrons. The van der Waals surface area contributed by atoms with E-state index in [9.17, 15) is 0 Å². The third-order valence-corrected chi connectivity index (χ3v) is 5.28. The normalized spacial score (nSPS) is 20.8. The van der Waals surface area contributed by atoms with Gasteiger partial charge in [-0.15, -0.1) is 0 Å². The second kappa shape index (κ2) is 12.0. The Morgan fingerprint density at radius 2 is 2.14 bits per heavy atom. The molecule has 29 heavy (non-hydrogen) atoms. The van der Waals surface area contributed by atoms with Crippen molar-refractivity contribution < 1.29 is 14.2 Å². The zero-order valence-electron chi connectivity index (χ0n) is 17.9. The molecule has 1 atom stereocenters. The number of ether oxygens (including phenoxy) is 3. The van der Waals surface area contributed by atoms with E-state index in [0.717, 1.165) is 70.1 Å². The van der Waals surface area contributed by atoms with E-state index in [4.69, 9.17) is 19.2 Å². The Bertz CT molecular complexity index is 609. The van der Waals surface area contributed by atoms with Gasteiger partial charge in [0.2, 0.25) is 5.88 Å². The first-order valence-corrected chi connectivity index (χ1v) is 11.1. The zero-order valence-corrected chi connectivity index (χ0v) is 17.9. The summed E-state index contributed by atoms with van der Waals surface area (Å²) in [7, 11) is 0. The number of nitrogens with zero attached hydrogens (tertiary/aromatic N) is 3. The topological polar surface area (TPSA) is 68.2 Å². The predicted octanol–water partition coefficient (Wildman–Crippen LogP) is 3.00. The molecule has 0 aromatic carbocycles. The Morgan fingerprint density at radius 3 is 2.79 bits per heavy atom. The van der Waals surface area contributed by atoms with E-state index in [1.165, 1.54) is 6.42 Å². The third kappa shape index (κ3) is 7.16. The maximum atomic E-state index is 6.09. The molecule has 3 rings (SSSR count). The van der Waals surface area contributed by atoms with Crippen molar-refractivity contribution in [2.75, 3.05) is 39.5 Å². The number of hydrogen-bond acceptors (Lipinski definition) is 5. The number of likely N-dealkylation sites (tertiary alicyclic amines) is 1. The summed E-state index contributed by atoms with van der Waals surface area (Å²) in [6.45, 7) is 9.91. The number of aromatic nitrogens is 1. The second-order valence-corrected chi connectivity index (χ2v) is 7.68. The highest BCUT2D eigenvalue weighted by molar-refractivity contribution is 5.80.